The number of ether oxygens (including phenoxy) is 1. The van der Waals surface area contributed by atoms with E-state index in [0.717, 1.165) is 22.2 Å². The number of hydrogen-bond acceptors (Lipinski definition) is 8. The number of H-pyrrole nitrogens is 1. The van der Waals surface area contributed by atoms with Gasteiger partial charge in [0.15, 0.2) is 0 Å². The van der Waals surface area contributed by atoms with Crippen molar-refractivity contribution in [2.75, 3.05) is 19.0 Å². The summed E-state index contributed by atoms with van der Waals surface area (Å²) in [5.74, 6) is 0.322. The Labute approximate surface area is 209 Å². The number of carbonyl (C=O) groups is 2. The maximum Gasteiger partial charge on any atom is 0.442 e. The normalized spacial score (nSPS) is 13.6. The predicted molar refractivity (Wildman–Crippen MR) is 130 cm³/mol. The lowest BCUT2D eigenvalue weighted by Gasteiger charge is -2.25. The highest BCUT2D eigenvalue weighted by Crippen LogP contribution is 2.37. The average Bonchev–Trinajstić information content (AvgIpc) is 3.40. The first-order valence-corrected chi connectivity index (χ1v) is 12.6. The summed E-state index contributed by atoms with van der Waals surface area (Å²) in [6.07, 6.45) is 1.01. The number of carbonyl (C=O) groups excluding carboxylic acids is 2. The van der Waals surface area contributed by atoms with E-state index < -0.39 is 10.9 Å². The van der Waals surface area contributed by atoms with Crippen molar-refractivity contribution in [1.82, 2.24) is 10.2 Å². The van der Waals surface area contributed by atoms with E-state index in [0.29, 0.717) is 47.9 Å². The Morgan fingerprint density at radius 2 is 2.14 bits per heavy atom. The zero-order chi connectivity index (χ0) is 25.1. The lowest BCUT2D eigenvalue weighted by atomic mass is 10.0. The molecule has 1 aromatic carbocycles. The molecule has 10 nitrogen and oxygen atoms in total. The number of thiophene rings is 1. The second-order valence-electron chi connectivity index (χ2n) is 7.83. The van der Waals surface area contributed by atoms with Crippen LogP contribution in [0.2, 0.25) is 0 Å². The third kappa shape index (κ3) is 4.96. The first-order chi connectivity index (χ1) is 16.9. The van der Waals surface area contributed by atoms with Gasteiger partial charge < -0.3 is 15.0 Å². The SMILES string of the molecule is CCC(Sc1c(=O)o[nH][n+]1-c1ccc(OC)cc1)C(=O)Nc1sc2c(c1C#N)CCN(C(C)=O)C2. The lowest BCUT2D eigenvalue weighted by molar-refractivity contribution is -0.704. The van der Waals surface area contributed by atoms with Gasteiger partial charge in [-0.25, -0.2) is 4.79 Å². The number of amides is 2. The van der Waals surface area contributed by atoms with Crippen LogP contribution in [0.25, 0.3) is 5.69 Å². The van der Waals surface area contributed by atoms with Gasteiger partial charge in [0.25, 0.3) is 0 Å². The van der Waals surface area contributed by atoms with E-state index in [-0.39, 0.29) is 16.8 Å². The minimum atomic E-state index is -0.613. The number of benzene rings is 1. The summed E-state index contributed by atoms with van der Waals surface area (Å²) in [6.45, 7) is 4.34. The highest BCUT2D eigenvalue weighted by atomic mass is 32.2. The molecule has 0 spiro atoms. The largest absolute Gasteiger partial charge is 0.497 e. The van der Waals surface area contributed by atoms with E-state index in [1.165, 1.54) is 22.9 Å². The van der Waals surface area contributed by atoms with Gasteiger partial charge in [0, 0.05) is 30.5 Å². The first-order valence-electron chi connectivity index (χ1n) is 10.9. The van der Waals surface area contributed by atoms with Crippen molar-refractivity contribution in [3.8, 4) is 17.5 Å². The molecular weight excluding hydrogens is 490 g/mol. The Kier molecular flexibility index (Phi) is 7.28. The molecule has 2 N–H and O–H groups in total. The fourth-order valence-electron chi connectivity index (χ4n) is 3.79. The summed E-state index contributed by atoms with van der Waals surface area (Å²) in [5.41, 5.74) is 1.37. The molecule has 0 aliphatic carbocycles. The van der Waals surface area contributed by atoms with Crippen LogP contribution < -0.4 is 20.4 Å². The average molecular weight is 515 g/mol. The van der Waals surface area contributed by atoms with Crippen LogP contribution in [0, 0.1) is 11.3 Å². The Morgan fingerprint density at radius 1 is 1.40 bits per heavy atom. The maximum absolute atomic E-state index is 13.2. The van der Waals surface area contributed by atoms with E-state index >= 15 is 0 Å². The molecular formula is C23H24N5O5S2+. The molecule has 4 rings (SSSR count). The molecule has 2 aromatic heterocycles. The predicted octanol–water partition coefficient (Wildman–Crippen LogP) is 2.60. The topological polar surface area (TPSA) is 132 Å². The van der Waals surface area contributed by atoms with Crippen LogP contribution in [0.5, 0.6) is 5.75 Å². The Hall–Kier alpha value is -3.56. The van der Waals surface area contributed by atoms with Crippen molar-refractivity contribution in [2.24, 2.45) is 0 Å². The molecule has 1 unspecified atom stereocenters. The summed E-state index contributed by atoms with van der Waals surface area (Å²) in [4.78, 5) is 40.0. The molecule has 0 radical (unpaired) electrons. The van der Waals surface area contributed by atoms with Gasteiger partial charge in [-0.1, -0.05) is 6.92 Å². The molecule has 1 aliphatic rings. The highest BCUT2D eigenvalue weighted by molar-refractivity contribution is 8.00. The summed E-state index contributed by atoms with van der Waals surface area (Å²) in [5, 5.41) is 15.3. The van der Waals surface area contributed by atoms with Crippen LogP contribution in [-0.4, -0.2) is 40.9 Å². The van der Waals surface area contributed by atoms with Crippen LogP contribution in [0.1, 0.15) is 36.3 Å². The number of thioether (sulfide) groups is 1. The number of rotatable bonds is 7. The van der Waals surface area contributed by atoms with Gasteiger partial charge in [-0.2, -0.15) is 5.26 Å². The van der Waals surface area contributed by atoms with Gasteiger partial charge in [0.05, 0.1) is 24.5 Å². The molecule has 12 heteroatoms. The number of aromatic amines is 1. The fraction of sp³-hybridized carbons (Fsp3) is 0.348. The van der Waals surface area contributed by atoms with Gasteiger partial charge in [0.2, 0.25) is 17.5 Å². The number of nitriles is 1. The minimum absolute atomic E-state index is 0.0221. The molecule has 1 atom stereocenters. The van der Waals surface area contributed by atoms with Gasteiger partial charge >= 0.3 is 10.7 Å². The number of anilines is 1. The fourth-order valence-corrected chi connectivity index (χ4v) is 6.00. The summed E-state index contributed by atoms with van der Waals surface area (Å²) in [6, 6.07) is 9.23. The second-order valence-corrected chi connectivity index (χ2v) is 10.1. The number of methoxy groups -OCH3 is 1. The molecule has 3 aromatic rings. The Balaban J connectivity index is 1.55. The van der Waals surface area contributed by atoms with Crippen molar-refractivity contribution < 1.29 is 23.5 Å². The monoisotopic (exact) mass is 514 g/mol. The van der Waals surface area contributed by atoms with Crippen molar-refractivity contribution in [2.45, 2.75) is 43.5 Å². The summed E-state index contributed by atoms with van der Waals surface area (Å²) in [7, 11) is 1.56. The molecule has 35 heavy (non-hydrogen) atoms. The minimum Gasteiger partial charge on any atom is -0.497 e. The van der Waals surface area contributed by atoms with Gasteiger partial charge in [-0.15, -0.1) is 11.3 Å². The molecule has 182 valence electrons. The van der Waals surface area contributed by atoms with Crippen LogP contribution in [0.4, 0.5) is 5.00 Å². The molecule has 1 aliphatic heterocycles. The van der Waals surface area contributed by atoms with E-state index in [1.807, 2.05) is 6.92 Å². The number of fused-ring (bicyclic) bond motifs is 1. The van der Waals surface area contributed by atoms with Crippen LogP contribution in [-0.2, 0) is 22.6 Å². The summed E-state index contributed by atoms with van der Waals surface area (Å²) < 4.78 is 11.6. The van der Waals surface area contributed by atoms with Gasteiger partial charge in [0.1, 0.15) is 16.8 Å². The van der Waals surface area contributed by atoms with Crippen LogP contribution in [0.3, 0.4) is 0 Å². The Bertz CT molecular complexity index is 1350. The smallest absolute Gasteiger partial charge is 0.442 e. The molecule has 2 amide bonds. The van der Waals surface area contributed by atoms with E-state index in [2.05, 4.69) is 16.7 Å². The Morgan fingerprint density at radius 3 is 2.77 bits per heavy atom. The lowest BCUT2D eigenvalue weighted by Crippen LogP contribution is -2.37. The third-order valence-electron chi connectivity index (χ3n) is 5.71. The third-order valence-corrected chi connectivity index (χ3v) is 8.24. The van der Waals surface area contributed by atoms with Crippen molar-refractivity contribution in [3.05, 3.63) is 50.7 Å². The van der Waals surface area contributed by atoms with Crippen molar-refractivity contribution in [3.63, 3.8) is 0 Å². The van der Waals surface area contributed by atoms with E-state index in [9.17, 15) is 19.6 Å². The number of aromatic nitrogens is 2. The van der Waals surface area contributed by atoms with Crippen LogP contribution >= 0.6 is 23.1 Å². The van der Waals surface area contributed by atoms with Crippen LogP contribution in [0.15, 0.2) is 38.6 Å². The first kappa shape index (κ1) is 24.6. The molecule has 3 heterocycles. The highest BCUT2D eigenvalue weighted by Gasteiger charge is 2.32. The van der Waals surface area contributed by atoms with Crippen molar-refractivity contribution in [1.29, 1.82) is 5.26 Å². The van der Waals surface area contributed by atoms with Crippen molar-refractivity contribution >= 4 is 39.9 Å². The number of nitrogens with zero attached hydrogens (tertiary/aromatic N) is 3. The quantitative estimate of drug-likeness (QED) is 0.366. The van der Waals surface area contributed by atoms with Gasteiger partial charge in [-0.3, -0.25) is 14.1 Å². The zero-order valence-corrected chi connectivity index (χ0v) is 21.0. The maximum atomic E-state index is 13.2. The summed E-state index contributed by atoms with van der Waals surface area (Å²) >= 11 is 2.40. The standard InChI is InChI=1S/C23H23N5O5S2/c1-4-18(35-22-23(31)33-26-28(22)14-5-7-15(32-3)8-6-14)20(30)25-21-17(11-24)16-9-10-27(13(2)29)12-19(16)34-21/h5-8,18H,4,9-10,12H2,1-3H3,(H-,25,26,30,31)/p+1. The molecule has 0 fully saturated rings. The van der Waals surface area contributed by atoms with E-state index in [4.69, 9.17) is 9.26 Å². The zero-order valence-electron chi connectivity index (χ0n) is 19.4. The number of nitrogens with one attached hydrogen (secondary N) is 2. The molecule has 0 saturated carbocycles. The molecule has 0 bridgehead atoms. The van der Waals surface area contributed by atoms with Gasteiger partial charge in [-0.05, 0) is 52.3 Å². The van der Waals surface area contributed by atoms with E-state index in [1.54, 1.807) is 36.3 Å². The number of hydrogen-bond donors (Lipinski definition) is 2. The molecule has 0 saturated heterocycles. The second kappa shape index (κ2) is 10.4.